The summed E-state index contributed by atoms with van der Waals surface area (Å²) in [4.78, 5) is 4.16. The van der Waals surface area contributed by atoms with Gasteiger partial charge in [0.2, 0.25) is 0 Å². The molecule has 0 radical (unpaired) electrons. The Morgan fingerprint density at radius 3 is 2.76 bits per heavy atom. The third-order valence-corrected chi connectivity index (χ3v) is 3.05. The molecule has 1 atom stereocenters. The molecule has 0 aliphatic heterocycles. The zero-order valence-corrected chi connectivity index (χ0v) is 12.7. The summed E-state index contributed by atoms with van der Waals surface area (Å²) in [5.74, 6) is 2.23. The van der Waals surface area contributed by atoms with E-state index < -0.39 is 0 Å². The van der Waals surface area contributed by atoms with Crippen LogP contribution in [0.25, 0.3) is 0 Å². The number of benzene rings is 1. The highest BCUT2D eigenvalue weighted by molar-refractivity contribution is 5.47. The van der Waals surface area contributed by atoms with Crippen LogP contribution in [-0.2, 0) is 20.1 Å². The molecule has 0 saturated carbocycles. The molecule has 0 saturated heterocycles. The Balaban J connectivity index is 2.23. The topological polar surface area (TPSA) is 75.2 Å². The van der Waals surface area contributed by atoms with Gasteiger partial charge in [-0.3, -0.25) is 4.68 Å². The van der Waals surface area contributed by atoms with E-state index in [9.17, 15) is 0 Å². The van der Waals surface area contributed by atoms with Gasteiger partial charge in [-0.15, -0.1) is 0 Å². The van der Waals surface area contributed by atoms with Gasteiger partial charge in [-0.05, 0) is 31.9 Å². The van der Waals surface area contributed by atoms with Gasteiger partial charge in [0.1, 0.15) is 12.9 Å². The van der Waals surface area contributed by atoms with Crippen LogP contribution >= 0.6 is 0 Å². The summed E-state index contributed by atoms with van der Waals surface area (Å²) >= 11 is 0. The molecular weight excluding hydrogens is 268 g/mol. The minimum Gasteiger partial charge on any atom is -0.490 e. The summed E-state index contributed by atoms with van der Waals surface area (Å²) in [5, 5.41) is 4.03. The zero-order valence-electron chi connectivity index (χ0n) is 12.7. The first-order valence-corrected chi connectivity index (χ1v) is 7.07. The maximum absolute atomic E-state index is 5.94. The van der Waals surface area contributed by atoms with E-state index in [0.717, 1.165) is 29.3 Å². The van der Waals surface area contributed by atoms with Gasteiger partial charge < -0.3 is 15.2 Å². The molecule has 0 amide bonds. The molecular formula is C15H22N4O2. The maximum atomic E-state index is 5.94. The number of para-hydroxylation sites is 1. The smallest absolute Gasteiger partial charge is 0.165 e. The first-order valence-electron chi connectivity index (χ1n) is 7.07. The van der Waals surface area contributed by atoms with Crippen LogP contribution in [-0.4, -0.2) is 27.4 Å². The lowest BCUT2D eigenvalue weighted by atomic mass is 10.1. The Kier molecular flexibility index (Phi) is 5.16. The van der Waals surface area contributed by atoms with Gasteiger partial charge in [0.05, 0.1) is 6.61 Å². The molecule has 0 fully saturated rings. The van der Waals surface area contributed by atoms with Crippen LogP contribution in [0.5, 0.6) is 11.5 Å². The van der Waals surface area contributed by atoms with Crippen LogP contribution in [0.1, 0.15) is 25.2 Å². The van der Waals surface area contributed by atoms with Gasteiger partial charge in [0, 0.05) is 13.1 Å². The summed E-state index contributed by atoms with van der Waals surface area (Å²) in [6.45, 7) is 4.85. The molecule has 114 valence electrons. The lowest BCUT2D eigenvalue weighted by molar-refractivity contribution is 0.256. The molecule has 0 aliphatic rings. The molecule has 2 aromatic rings. The second kappa shape index (κ2) is 7.08. The van der Waals surface area contributed by atoms with Crippen molar-refractivity contribution in [1.82, 2.24) is 14.8 Å². The average Bonchev–Trinajstić information content (AvgIpc) is 2.83. The molecule has 2 N–H and O–H groups in total. The largest absolute Gasteiger partial charge is 0.490 e. The van der Waals surface area contributed by atoms with Gasteiger partial charge in [-0.25, -0.2) is 4.98 Å². The van der Waals surface area contributed by atoms with E-state index in [4.69, 9.17) is 15.2 Å². The fourth-order valence-electron chi connectivity index (χ4n) is 2.09. The van der Waals surface area contributed by atoms with Crippen molar-refractivity contribution in [3.63, 3.8) is 0 Å². The van der Waals surface area contributed by atoms with E-state index in [2.05, 4.69) is 10.1 Å². The second-order valence-corrected chi connectivity index (χ2v) is 4.95. The van der Waals surface area contributed by atoms with E-state index in [1.807, 2.05) is 39.1 Å². The summed E-state index contributed by atoms with van der Waals surface area (Å²) in [6.07, 6.45) is 2.24. The van der Waals surface area contributed by atoms with Crippen LogP contribution < -0.4 is 15.2 Å². The monoisotopic (exact) mass is 290 g/mol. The second-order valence-electron chi connectivity index (χ2n) is 4.95. The Labute approximate surface area is 124 Å². The minimum absolute atomic E-state index is 0.0547. The molecule has 21 heavy (non-hydrogen) atoms. The Morgan fingerprint density at radius 2 is 2.14 bits per heavy atom. The Bertz CT molecular complexity index is 581. The number of hydrogen-bond acceptors (Lipinski definition) is 5. The van der Waals surface area contributed by atoms with E-state index in [1.54, 1.807) is 4.68 Å². The van der Waals surface area contributed by atoms with Crippen molar-refractivity contribution >= 4 is 0 Å². The summed E-state index contributed by atoms with van der Waals surface area (Å²) in [5.41, 5.74) is 6.95. The van der Waals surface area contributed by atoms with Gasteiger partial charge in [0.15, 0.2) is 17.3 Å². The summed E-state index contributed by atoms with van der Waals surface area (Å²) in [7, 11) is 1.84. The van der Waals surface area contributed by atoms with E-state index >= 15 is 0 Å². The van der Waals surface area contributed by atoms with Crippen molar-refractivity contribution in [3.8, 4) is 11.5 Å². The highest BCUT2D eigenvalue weighted by Crippen LogP contribution is 2.32. The predicted molar refractivity (Wildman–Crippen MR) is 80.3 cm³/mol. The number of aryl methyl sites for hydroxylation is 1. The average molecular weight is 290 g/mol. The molecule has 0 bridgehead atoms. The quantitative estimate of drug-likeness (QED) is 0.839. The fourth-order valence-corrected chi connectivity index (χ4v) is 2.09. The number of nitrogens with zero attached hydrogens (tertiary/aromatic N) is 3. The van der Waals surface area contributed by atoms with Crippen molar-refractivity contribution in [3.05, 3.63) is 35.9 Å². The molecule has 1 heterocycles. The van der Waals surface area contributed by atoms with E-state index in [1.165, 1.54) is 6.33 Å². The number of aromatic nitrogens is 3. The highest BCUT2D eigenvalue weighted by atomic mass is 16.5. The maximum Gasteiger partial charge on any atom is 0.165 e. The highest BCUT2D eigenvalue weighted by Gasteiger charge is 2.13. The van der Waals surface area contributed by atoms with Crippen LogP contribution in [0, 0.1) is 0 Å². The molecule has 1 aromatic carbocycles. The molecule has 1 aromatic heterocycles. The molecule has 2 rings (SSSR count). The van der Waals surface area contributed by atoms with Crippen LogP contribution in [0.4, 0.5) is 0 Å². The van der Waals surface area contributed by atoms with Crippen molar-refractivity contribution in [2.75, 3.05) is 6.61 Å². The molecule has 6 nitrogen and oxygen atoms in total. The van der Waals surface area contributed by atoms with Gasteiger partial charge in [0.25, 0.3) is 0 Å². The summed E-state index contributed by atoms with van der Waals surface area (Å²) in [6, 6.07) is 5.93. The molecule has 1 unspecified atom stereocenters. The van der Waals surface area contributed by atoms with Gasteiger partial charge in [-0.1, -0.05) is 12.1 Å². The predicted octanol–water partition coefficient (Wildman–Crippen LogP) is 1.68. The normalized spacial score (nSPS) is 12.2. The fraction of sp³-hybridized carbons (Fsp3) is 0.467. The third-order valence-electron chi connectivity index (χ3n) is 3.05. The van der Waals surface area contributed by atoms with Crippen molar-refractivity contribution in [1.29, 1.82) is 0 Å². The molecule has 6 heteroatoms. The Morgan fingerprint density at radius 1 is 1.33 bits per heavy atom. The zero-order chi connectivity index (χ0) is 15.2. The first kappa shape index (κ1) is 15.3. The van der Waals surface area contributed by atoms with Crippen molar-refractivity contribution < 1.29 is 9.47 Å². The van der Waals surface area contributed by atoms with Gasteiger partial charge in [-0.2, -0.15) is 5.10 Å². The number of hydrogen-bond donors (Lipinski definition) is 1. The number of ether oxygens (including phenoxy) is 2. The van der Waals surface area contributed by atoms with Gasteiger partial charge >= 0.3 is 0 Å². The standard InChI is InChI=1S/C15H22N4O2/c1-4-20-13-7-5-6-12(8-11(2)16)15(13)21-9-14-17-10-18-19(14)3/h5-7,10-11H,4,8-9,16H2,1-3H3. The van der Waals surface area contributed by atoms with Crippen LogP contribution in [0.2, 0.25) is 0 Å². The number of nitrogens with two attached hydrogens (primary N) is 1. The van der Waals surface area contributed by atoms with Crippen molar-refractivity contribution in [2.24, 2.45) is 12.8 Å². The minimum atomic E-state index is 0.0547. The van der Waals surface area contributed by atoms with E-state index in [-0.39, 0.29) is 6.04 Å². The van der Waals surface area contributed by atoms with Crippen LogP contribution in [0.15, 0.2) is 24.5 Å². The van der Waals surface area contributed by atoms with Crippen molar-refractivity contribution in [2.45, 2.75) is 32.9 Å². The number of rotatable bonds is 7. The lowest BCUT2D eigenvalue weighted by Crippen LogP contribution is -2.18. The molecule has 0 aliphatic carbocycles. The Hall–Kier alpha value is -2.08. The third kappa shape index (κ3) is 3.95. The van der Waals surface area contributed by atoms with Crippen LogP contribution in [0.3, 0.4) is 0 Å². The molecule has 0 spiro atoms. The van der Waals surface area contributed by atoms with E-state index in [0.29, 0.717) is 13.2 Å². The first-order chi connectivity index (χ1) is 10.1. The SMILES string of the molecule is CCOc1cccc(CC(C)N)c1OCc1ncnn1C. The summed E-state index contributed by atoms with van der Waals surface area (Å²) < 4.78 is 13.3. The lowest BCUT2D eigenvalue weighted by Gasteiger charge is -2.16.